The van der Waals surface area contributed by atoms with Crippen LogP contribution in [0.3, 0.4) is 0 Å². The van der Waals surface area contributed by atoms with Crippen LogP contribution in [0.2, 0.25) is 0 Å². The quantitative estimate of drug-likeness (QED) is 0.447. The van der Waals surface area contributed by atoms with E-state index in [1.807, 2.05) is 6.92 Å². The molecule has 1 amide bonds. The lowest BCUT2D eigenvalue weighted by molar-refractivity contribution is -0.152. The first-order chi connectivity index (χ1) is 11.5. The summed E-state index contributed by atoms with van der Waals surface area (Å²) in [6, 6.07) is 0. The molecule has 3 atom stereocenters. The first kappa shape index (κ1) is 19.2. The minimum atomic E-state index is -0.295. The molecule has 1 aliphatic carbocycles. The fraction of sp³-hybridized carbons (Fsp3) is 0.750. The van der Waals surface area contributed by atoms with Crippen LogP contribution in [0.5, 0.6) is 0 Å². The first-order valence-corrected chi connectivity index (χ1v) is 10.2. The topological polar surface area (TPSA) is 81.2 Å². The number of amides is 1. The summed E-state index contributed by atoms with van der Waals surface area (Å²) in [5.41, 5.74) is 0. The van der Waals surface area contributed by atoms with E-state index in [0.29, 0.717) is 17.0 Å². The first-order valence-electron chi connectivity index (χ1n) is 8.43. The number of anilines is 1. The van der Waals surface area contributed by atoms with Crippen molar-refractivity contribution < 1.29 is 14.3 Å². The van der Waals surface area contributed by atoms with Crippen LogP contribution in [0.1, 0.15) is 52.9 Å². The second kappa shape index (κ2) is 9.36. The molecule has 24 heavy (non-hydrogen) atoms. The minimum absolute atomic E-state index is 0.00329. The molecule has 0 saturated heterocycles. The van der Waals surface area contributed by atoms with Crippen molar-refractivity contribution in [2.75, 3.05) is 11.1 Å². The predicted molar refractivity (Wildman–Crippen MR) is 96.2 cm³/mol. The van der Waals surface area contributed by atoms with E-state index < -0.39 is 0 Å². The number of aromatic nitrogens is 2. The molecule has 0 radical (unpaired) electrons. The lowest BCUT2D eigenvalue weighted by Gasteiger charge is -2.31. The Morgan fingerprint density at radius 3 is 2.75 bits per heavy atom. The molecule has 6 nitrogen and oxygen atoms in total. The Labute approximate surface area is 151 Å². The monoisotopic (exact) mass is 371 g/mol. The molecule has 0 spiro atoms. The van der Waals surface area contributed by atoms with E-state index in [1.165, 1.54) is 11.3 Å². The maximum atomic E-state index is 11.9. The highest BCUT2D eigenvalue weighted by atomic mass is 32.2. The number of thioether (sulfide) groups is 1. The van der Waals surface area contributed by atoms with Crippen LogP contribution in [-0.2, 0) is 14.3 Å². The van der Waals surface area contributed by atoms with E-state index in [-0.39, 0.29) is 30.8 Å². The van der Waals surface area contributed by atoms with Crippen molar-refractivity contribution in [3.8, 4) is 0 Å². The molecule has 1 N–H and O–H groups in total. The highest BCUT2D eigenvalue weighted by molar-refractivity contribution is 8.01. The van der Waals surface area contributed by atoms with E-state index in [0.717, 1.165) is 29.4 Å². The zero-order valence-electron chi connectivity index (χ0n) is 14.4. The van der Waals surface area contributed by atoms with Crippen molar-refractivity contribution in [3.63, 3.8) is 0 Å². The number of nitrogens with one attached hydrogen (secondary N) is 1. The van der Waals surface area contributed by atoms with Crippen LogP contribution in [0, 0.1) is 11.8 Å². The fourth-order valence-electron chi connectivity index (χ4n) is 2.69. The van der Waals surface area contributed by atoms with Crippen LogP contribution in [0.15, 0.2) is 4.34 Å². The smallest absolute Gasteiger partial charge is 0.306 e. The largest absolute Gasteiger partial charge is 0.462 e. The van der Waals surface area contributed by atoms with Gasteiger partial charge in [-0.25, -0.2) is 0 Å². The van der Waals surface area contributed by atoms with E-state index in [9.17, 15) is 9.59 Å². The number of nitrogens with zero attached hydrogens (tertiary/aromatic N) is 2. The molecule has 1 fully saturated rings. The third-order valence-corrected chi connectivity index (χ3v) is 6.18. The minimum Gasteiger partial charge on any atom is -0.462 e. The molecule has 1 aromatic heterocycles. The molecule has 1 aliphatic rings. The Morgan fingerprint density at radius 2 is 2.04 bits per heavy atom. The molecule has 1 saturated carbocycles. The summed E-state index contributed by atoms with van der Waals surface area (Å²) in [6.07, 6.45) is 3.14. The third-order valence-electron chi connectivity index (χ3n) is 4.32. The van der Waals surface area contributed by atoms with Crippen LogP contribution < -0.4 is 5.32 Å². The predicted octanol–water partition coefficient (Wildman–Crippen LogP) is 3.74. The number of rotatable bonds is 7. The molecule has 1 heterocycles. The third kappa shape index (κ3) is 6.05. The van der Waals surface area contributed by atoms with Crippen molar-refractivity contribution in [1.29, 1.82) is 0 Å². The Kier molecular flexibility index (Phi) is 7.48. The van der Waals surface area contributed by atoms with E-state index in [4.69, 9.17) is 4.74 Å². The van der Waals surface area contributed by atoms with Gasteiger partial charge >= 0.3 is 5.97 Å². The molecule has 0 unspecified atom stereocenters. The zero-order chi connectivity index (χ0) is 17.5. The second-order valence-electron chi connectivity index (χ2n) is 6.23. The molecular weight excluding hydrogens is 346 g/mol. The van der Waals surface area contributed by atoms with Crippen molar-refractivity contribution in [3.05, 3.63) is 0 Å². The average Bonchev–Trinajstić information content (AvgIpc) is 2.96. The molecule has 2 rings (SSSR count). The SMILES string of the molecule is CCSc1nnc(NC(=O)CCC(=O)O[C@@H]2CC[C@@H](C)[C@H](C)C2)s1. The van der Waals surface area contributed by atoms with Gasteiger partial charge in [0.05, 0.1) is 6.42 Å². The fourth-order valence-corrected chi connectivity index (χ4v) is 4.35. The Hall–Kier alpha value is -1.15. The van der Waals surface area contributed by atoms with E-state index >= 15 is 0 Å². The van der Waals surface area contributed by atoms with Gasteiger partial charge in [0.15, 0.2) is 4.34 Å². The van der Waals surface area contributed by atoms with Gasteiger partial charge in [0.1, 0.15) is 6.10 Å². The normalized spacial score (nSPS) is 23.7. The maximum Gasteiger partial charge on any atom is 0.306 e. The molecule has 0 aliphatic heterocycles. The average molecular weight is 372 g/mol. The Morgan fingerprint density at radius 1 is 1.25 bits per heavy atom. The number of hydrogen-bond acceptors (Lipinski definition) is 7. The molecule has 0 aromatic carbocycles. The maximum absolute atomic E-state index is 11.9. The lowest BCUT2D eigenvalue weighted by Crippen LogP contribution is -2.29. The van der Waals surface area contributed by atoms with E-state index in [2.05, 4.69) is 29.4 Å². The molecule has 0 bridgehead atoms. The van der Waals surface area contributed by atoms with Gasteiger partial charge in [-0.15, -0.1) is 10.2 Å². The number of hydrogen-bond donors (Lipinski definition) is 1. The van der Waals surface area contributed by atoms with Crippen molar-refractivity contribution >= 4 is 40.1 Å². The molecule has 134 valence electrons. The van der Waals surface area contributed by atoms with Crippen LogP contribution >= 0.6 is 23.1 Å². The summed E-state index contributed by atoms with van der Waals surface area (Å²) >= 11 is 2.92. The highest BCUT2D eigenvalue weighted by Crippen LogP contribution is 2.31. The number of ether oxygens (including phenoxy) is 1. The standard InChI is InChI=1S/C16H25N3O3S2/c1-4-23-16-19-18-15(24-16)17-13(20)7-8-14(21)22-12-6-5-10(2)11(3)9-12/h10-12H,4-9H2,1-3H3,(H,17,18,20)/t10-,11-,12-/m1/s1. The number of esters is 1. The van der Waals surface area contributed by atoms with Crippen LogP contribution in [-0.4, -0.2) is 33.9 Å². The van der Waals surface area contributed by atoms with Gasteiger partial charge in [0, 0.05) is 6.42 Å². The number of carbonyl (C=O) groups is 2. The van der Waals surface area contributed by atoms with Gasteiger partial charge in [0.2, 0.25) is 11.0 Å². The summed E-state index contributed by atoms with van der Waals surface area (Å²) < 4.78 is 6.33. The number of carbonyl (C=O) groups excluding carboxylic acids is 2. The van der Waals surface area contributed by atoms with Gasteiger partial charge in [-0.3, -0.25) is 9.59 Å². The Balaban J connectivity index is 1.68. The second-order valence-corrected chi connectivity index (χ2v) is 8.72. The van der Waals surface area contributed by atoms with Gasteiger partial charge in [-0.1, -0.05) is 43.9 Å². The van der Waals surface area contributed by atoms with Crippen molar-refractivity contribution in [1.82, 2.24) is 10.2 Å². The van der Waals surface area contributed by atoms with E-state index in [1.54, 1.807) is 11.8 Å². The van der Waals surface area contributed by atoms with Gasteiger partial charge in [-0.05, 0) is 36.9 Å². The highest BCUT2D eigenvalue weighted by Gasteiger charge is 2.27. The van der Waals surface area contributed by atoms with Gasteiger partial charge in [-0.2, -0.15) is 0 Å². The Bertz CT molecular complexity index is 565. The van der Waals surface area contributed by atoms with Crippen molar-refractivity contribution in [2.45, 2.75) is 63.3 Å². The molecule has 1 aromatic rings. The molecule has 8 heteroatoms. The summed E-state index contributed by atoms with van der Waals surface area (Å²) in [5.74, 6) is 1.64. The van der Waals surface area contributed by atoms with Gasteiger partial charge in [0.25, 0.3) is 0 Å². The van der Waals surface area contributed by atoms with Crippen LogP contribution in [0.25, 0.3) is 0 Å². The summed E-state index contributed by atoms with van der Waals surface area (Å²) in [7, 11) is 0. The summed E-state index contributed by atoms with van der Waals surface area (Å²) in [4.78, 5) is 23.8. The zero-order valence-corrected chi connectivity index (χ0v) is 16.0. The van der Waals surface area contributed by atoms with Crippen LogP contribution in [0.4, 0.5) is 5.13 Å². The van der Waals surface area contributed by atoms with Gasteiger partial charge < -0.3 is 10.1 Å². The lowest BCUT2D eigenvalue weighted by atomic mass is 9.80. The van der Waals surface area contributed by atoms with Crippen molar-refractivity contribution in [2.24, 2.45) is 11.8 Å². The molecular formula is C16H25N3O3S2. The summed E-state index contributed by atoms with van der Waals surface area (Å²) in [5, 5.41) is 11.0. The summed E-state index contributed by atoms with van der Waals surface area (Å²) in [6.45, 7) is 6.47.